The van der Waals surface area contributed by atoms with Crippen molar-refractivity contribution in [2.24, 2.45) is 0 Å². The molecule has 0 bridgehead atoms. The molecule has 0 radical (unpaired) electrons. The molecule has 0 spiro atoms. The zero-order chi connectivity index (χ0) is 14.8. The zero-order valence-corrected chi connectivity index (χ0v) is 12.7. The van der Waals surface area contributed by atoms with E-state index in [1.807, 2.05) is 18.2 Å². The number of morpholine rings is 1. The fraction of sp³-hybridized carbons (Fsp3) is 0.444. The molecule has 1 fully saturated rings. The number of aliphatic hydroxyl groups excluding tert-OH is 1. The van der Waals surface area contributed by atoms with Gasteiger partial charge in [-0.3, -0.25) is 4.90 Å². The molecular weight excluding hydrogens is 262 g/mol. The van der Waals surface area contributed by atoms with Gasteiger partial charge in [-0.25, -0.2) is 0 Å². The van der Waals surface area contributed by atoms with E-state index in [-0.39, 0.29) is 6.10 Å². The summed E-state index contributed by atoms with van der Waals surface area (Å²) in [7, 11) is 0. The third-order valence-corrected chi connectivity index (χ3v) is 4.32. The van der Waals surface area contributed by atoms with Gasteiger partial charge in [0.15, 0.2) is 0 Å². The first-order valence-corrected chi connectivity index (χ1v) is 7.67. The van der Waals surface area contributed by atoms with Gasteiger partial charge in [-0.15, -0.1) is 0 Å². The molecule has 0 saturated carbocycles. The van der Waals surface area contributed by atoms with Gasteiger partial charge in [0.1, 0.15) is 12.2 Å². The summed E-state index contributed by atoms with van der Waals surface area (Å²) in [5.74, 6) is 0. The normalized spacial score (nSPS) is 21.8. The molecule has 21 heavy (non-hydrogen) atoms. The Balaban J connectivity index is 1.81. The van der Waals surface area contributed by atoms with Crippen LogP contribution in [0.4, 0.5) is 0 Å². The minimum atomic E-state index is -0.573. The summed E-state index contributed by atoms with van der Waals surface area (Å²) in [5.41, 5.74) is 0.935. The molecule has 1 saturated heterocycles. The first-order valence-electron chi connectivity index (χ1n) is 7.67. The number of benzene rings is 2. The molecule has 3 heteroatoms. The van der Waals surface area contributed by atoms with E-state index in [1.54, 1.807) is 0 Å². The predicted molar refractivity (Wildman–Crippen MR) is 85.4 cm³/mol. The third kappa shape index (κ3) is 3.10. The molecule has 3 rings (SSSR count). The number of hydrogen-bond donors (Lipinski definition) is 1. The Morgan fingerprint density at radius 3 is 2.67 bits per heavy atom. The molecule has 1 aliphatic heterocycles. The van der Waals surface area contributed by atoms with E-state index < -0.39 is 6.10 Å². The van der Waals surface area contributed by atoms with Crippen LogP contribution >= 0.6 is 0 Å². The van der Waals surface area contributed by atoms with Crippen molar-refractivity contribution < 1.29 is 9.84 Å². The van der Waals surface area contributed by atoms with Gasteiger partial charge in [0.2, 0.25) is 0 Å². The van der Waals surface area contributed by atoms with Crippen LogP contribution in [0.15, 0.2) is 42.5 Å². The van der Waals surface area contributed by atoms with E-state index in [4.69, 9.17) is 4.74 Å². The number of nitrogens with zero attached hydrogens (tertiary/aromatic N) is 1. The predicted octanol–water partition coefficient (Wildman–Crippen LogP) is 2.98. The van der Waals surface area contributed by atoms with Crippen molar-refractivity contribution in [3.63, 3.8) is 0 Å². The first-order chi connectivity index (χ1) is 10.1. The molecule has 112 valence electrons. The van der Waals surface area contributed by atoms with Crippen molar-refractivity contribution in [1.29, 1.82) is 0 Å². The third-order valence-electron chi connectivity index (χ3n) is 4.32. The van der Waals surface area contributed by atoms with Crippen molar-refractivity contribution >= 4 is 10.8 Å². The molecule has 2 unspecified atom stereocenters. The molecule has 0 aliphatic carbocycles. The fourth-order valence-electron chi connectivity index (χ4n) is 2.96. The summed E-state index contributed by atoms with van der Waals surface area (Å²) in [6.07, 6.45) is -0.724. The second-order valence-electron chi connectivity index (χ2n) is 6.05. The number of rotatable bonds is 3. The number of ether oxygens (including phenoxy) is 1. The van der Waals surface area contributed by atoms with Gasteiger partial charge in [0.05, 0.1) is 6.61 Å². The molecular formula is C18H23NO2. The van der Waals surface area contributed by atoms with Crippen LogP contribution in [0.2, 0.25) is 0 Å². The van der Waals surface area contributed by atoms with E-state index in [0.29, 0.717) is 12.6 Å². The number of hydrogen-bond acceptors (Lipinski definition) is 3. The lowest BCUT2D eigenvalue weighted by molar-refractivity contribution is -0.0961. The number of aliphatic hydroxyl groups is 1. The summed E-state index contributed by atoms with van der Waals surface area (Å²) in [6.45, 7) is 6.79. The molecule has 1 aliphatic rings. The molecule has 2 aromatic carbocycles. The topological polar surface area (TPSA) is 32.7 Å². The maximum Gasteiger partial charge on any atom is 0.106 e. The van der Waals surface area contributed by atoms with Gasteiger partial charge in [0, 0.05) is 19.1 Å². The highest BCUT2D eigenvalue weighted by molar-refractivity contribution is 5.83. The highest BCUT2D eigenvalue weighted by Crippen LogP contribution is 2.26. The van der Waals surface area contributed by atoms with Crippen LogP contribution in [0.25, 0.3) is 10.8 Å². The van der Waals surface area contributed by atoms with E-state index in [1.165, 1.54) is 5.39 Å². The van der Waals surface area contributed by atoms with Gasteiger partial charge in [-0.2, -0.15) is 0 Å². The van der Waals surface area contributed by atoms with Crippen LogP contribution in [-0.2, 0) is 4.74 Å². The summed E-state index contributed by atoms with van der Waals surface area (Å²) < 4.78 is 5.79. The highest BCUT2D eigenvalue weighted by atomic mass is 16.5. The van der Waals surface area contributed by atoms with E-state index >= 15 is 0 Å². The molecule has 0 amide bonds. The van der Waals surface area contributed by atoms with Gasteiger partial charge in [-0.05, 0) is 36.2 Å². The second-order valence-corrected chi connectivity index (χ2v) is 6.05. The molecule has 1 N–H and O–H groups in total. The average molecular weight is 285 g/mol. The Morgan fingerprint density at radius 2 is 1.90 bits per heavy atom. The quantitative estimate of drug-likeness (QED) is 0.941. The van der Waals surface area contributed by atoms with Crippen molar-refractivity contribution in [3.05, 3.63) is 48.0 Å². The standard InChI is InChI=1S/C18H23NO2/c1-13(2)19-9-10-21-17(12-19)18(20)16-8-7-14-5-3-4-6-15(14)11-16/h3-8,11,13,17-18,20H,9-10,12H2,1-2H3. The van der Waals surface area contributed by atoms with Crippen LogP contribution in [0, 0.1) is 0 Å². The highest BCUT2D eigenvalue weighted by Gasteiger charge is 2.28. The minimum absolute atomic E-state index is 0.151. The summed E-state index contributed by atoms with van der Waals surface area (Å²) in [4.78, 5) is 2.36. The monoisotopic (exact) mass is 285 g/mol. The Hall–Kier alpha value is -1.42. The van der Waals surface area contributed by atoms with E-state index in [2.05, 4.69) is 43.0 Å². The molecule has 2 atom stereocenters. The Morgan fingerprint density at radius 1 is 1.14 bits per heavy atom. The molecule has 0 aromatic heterocycles. The largest absolute Gasteiger partial charge is 0.386 e. The Bertz CT molecular complexity index is 611. The van der Waals surface area contributed by atoms with Gasteiger partial charge in [0.25, 0.3) is 0 Å². The molecule has 1 heterocycles. The lowest BCUT2D eigenvalue weighted by atomic mass is 9.99. The van der Waals surface area contributed by atoms with Gasteiger partial charge in [-0.1, -0.05) is 36.4 Å². The van der Waals surface area contributed by atoms with E-state index in [9.17, 15) is 5.11 Å². The first kappa shape index (κ1) is 14.5. The van der Waals surface area contributed by atoms with Crippen LogP contribution in [0.1, 0.15) is 25.5 Å². The van der Waals surface area contributed by atoms with Crippen LogP contribution in [0.5, 0.6) is 0 Å². The Kier molecular flexibility index (Phi) is 4.24. The fourth-order valence-corrected chi connectivity index (χ4v) is 2.96. The smallest absolute Gasteiger partial charge is 0.106 e. The van der Waals surface area contributed by atoms with Crippen LogP contribution < -0.4 is 0 Å². The van der Waals surface area contributed by atoms with Gasteiger partial charge < -0.3 is 9.84 Å². The summed E-state index contributed by atoms with van der Waals surface area (Å²) in [5, 5.41) is 13.0. The zero-order valence-electron chi connectivity index (χ0n) is 12.7. The minimum Gasteiger partial charge on any atom is -0.386 e. The average Bonchev–Trinajstić information content (AvgIpc) is 2.53. The summed E-state index contributed by atoms with van der Waals surface area (Å²) in [6, 6.07) is 14.8. The van der Waals surface area contributed by atoms with Crippen molar-refractivity contribution in [2.75, 3.05) is 19.7 Å². The number of fused-ring (bicyclic) bond motifs is 1. The van der Waals surface area contributed by atoms with E-state index in [0.717, 1.165) is 24.0 Å². The maximum atomic E-state index is 10.7. The van der Waals surface area contributed by atoms with Crippen molar-refractivity contribution in [2.45, 2.75) is 32.1 Å². The van der Waals surface area contributed by atoms with Crippen LogP contribution in [0.3, 0.4) is 0 Å². The molecule has 3 nitrogen and oxygen atoms in total. The van der Waals surface area contributed by atoms with Crippen LogP contribution in [-0.4, -0.2) is 41.8 Å². The van der Waals surface area contributed by atoms with Crippen molar-refractivity contribution in [1.82, 2.24) is 4.90 Å². The van der Waals surface area contributed by atoms with Gasteiger partial charge >= 0.3 is 0 Å². The maximum absolute atomic E-state index is 10.7. The lowest BCUT2D eigenvalue weighted by Gasteiger charge is -2.37. The Labute approximate surface area is 126 Å². The molecule has 2 aromatic rings. The van der Waals surface area contributed by atoms with Crippen molar-refractivity contribution in [3.8, 4) is 0 Å². The SMILES string of the molecule is CC(C)N1CCOC(C(O)c2ccc3ccccc3c2)C1. The second kappa shape index (κ2) is 6.14. The lowest BCUT2D eigenvalue weighted by Crippen LogP contribution is -2.47. The summed E-state index contributed by atoms with van der Waals surface area (Å²) >= 11 is 0.